The number of phenols is 1. The van der Waals surface area contributed by atoms with Crippen LogP contribution in [0.15, 0.2) is 48.5 Å². The number of phenolic OH excluding ortho intramolecular Hbond substituents is 1. The molecule has 0 amide bonds. The number of halogens is 1. The predicted molar refractivity (Wildman–Crippen MR) is 116 cm³/mol. The van der Waals surface area contributed by atoms with Gasteiger partial charge < -0.3 is 5.11 Å². The molecule has 1 aliphatic heterocycles. The quantitative estimate of drug-likeness (QED) is 0.720. The zero-order valence-electron chi connectivity index (χ0n) is 15.9. The van der Waals surface area contributed by atoms with Gasteiger partial charge in [0.05, 0.1) is 0 Å². The zero-order valence-corrected chi connectivity index (χ0v) is 17.7. The van der Waals surface area contributed by atoms with Gasteiger partial charge in [-0.05, 0) is 73.4 Å². The third-order valence-electron chi connectivity index (χ3n) is 7.47. The molecule has 2 aromatic rings. The van der Waals surface area contributed by atoms with Crippen molar-refractivity contribution in [3.8, 4) is 5.75 Å². The highest BCUT2D eigenvalue weighted by atomic mass is 79.9. The summed E-state index contributed by atoms with van der Waals surface area (Å²) in [5.74, 6) is 1.22. The summed E-state index contributed by atoms with van der Waals surface area (Å²) >= 11 is 0. The van der Waals surface area contributed by atoms with Crippen molar-refractivity contribution < 1.29 is 5.11 Å². The highest BCUT2D eigenvalue weighted by molar-refractivity contribution is 8.93. The van der Waals surface area contributed by atoms with E-state index in [-0.39, 0.29) is 17.0 Å². The molecule has 3 heteroatoms. The Kier molecular flexibility index (Phi) is 5.35. The zero-order chi connectivity index (χ0) is 17.6. The highest BCUT2D eigenvalue weighted by Crippen LogP contribution is 2.56. The fourth-order valence-electron chi connectivity index (χ4n) is 6.27. The van der Waals surface area contributed by atoms with Gasteiger partial charge in [0.2, 0.25) is 0 Å². The van der Waals surface area contributed by atoms with Gasteiger partial charge in [-0.3, -0.25) is 4.90 Å². The molecule has 3 atom stereocenters. The van der Waals surface area contributed by atoms with Crippen LogP contribution >= 0.6 is 17.0 Å². The van der Waals surface area contributed by atoms with Gasteiger partial charge in [-0.25, -0.2) is 0 Å². The Morgan fingerprint density at radius 3 is 2.74 bits per heavy atom. The van der Waals surface area contributed by atoms with Crippen molar-refractivity contribution >= 4 is 17.0 Å². The van der Waals surface area contributed by atoms with Crippen LogP contribution in [0.25, 0.3) is 0 Å². The molecule has 1 saturated carbocycles. The summed E-state index contributed by atoms with van der Waals surface area (Å²) in [6.45, 7) is 2.39. The van der Waals surface area contributed by atoms with Crippen LogP contribution in [0.5, 0.6) is 5.75 Å². The van der Waals surface area contributed by atoms with Gasteiger partial charge >= 0.3 is 0 Å². The van der Waals surface area contributed by atoms with Crippen molar-refractivity contribution in [3.63, 3.8) is 0 Å². The molecular weight excluding hydrogens is 398 g/mol. The molecule has 3 aliphatic rings. The topological polar surface area (TPSA) is 23.5 Å². The Hall–Kier alpha value is -1.32. The lowest BCUT2D eigenvalue weighted by molar-refractivity contribution is -0.0106. The SMILES string of the molecule is Br.Oc1ccc2c(c1)[C@]13CCCC[C@@H]1[C@@H](C2)N(CCc1ccccc1)CC3. The van der Waals surface area contributed by atoms with Crippen molar-refractivity contribution in [2.75, 3.05) is 13.1 Å². The number of hydrogen-bond donors (Lipinski definition) is 1. The van der Waals surface area contributed by atoms with E-state index in [1.165, 1.54) is 61.9 Å². The van der Waals surface area contributed by atoms with Crippen LogP contribution in [0.4, 0.5) is 0 Å². The number of likely N-dealkylation sites (tertiary alicyclic amines) is 1. The molecule has 2 nitrogen and oxygen atoms in total. The number of nitrogens with zero attached hydrogens (tertiary/aromatic N) is 1. The van der Waals surface area contributed by atoms with Gasteiger partial charge in [0, 0.05) is 18.0 Å². The minimum Gasteiger partial charge on any atom is -0.508 e. The molecule has 2 bridgehead atoms. The fourth-order valence-corrected chi connectivity index (χ4v) is 6.27. The average Bonchev–Trinajstić information content (AvgIpc) is 2.69. The molecule has 2 fully saturated rings. The van der Waals surface area contributed by atoms with E-state index in [9.17, 15) is 5.11 Å². The molecule has 144 valence electrons. The number of hydrogen-bond acceptors (Lipinski definition) is 2. The van der Waals surface area contributed by atoms with E-state index in [4.69, 9.17) is 0 Å². The Labute approximate surface area is 173 Å². The molecule has 1 N–H and O–H groups in total. The number of fused-ring (bicyclic) bond motifs is 1. The first kappa shape index (κ1) is 19.0. The van der Waals surface area contributed by atoms with Crippen LogP contribution in [0.2, 0.25) is 0 Å². The Bertz CT molecular complexity index is 792. The Balaban J connectivity index is 0.00000180. The van der Waals surface area contributed by atoms with Gasteiger partial charge in [-0.15, -0.1) is 17.0 Å². The summed E-state index contributed by atoms with van der Waals surface area (Å²) in [5, 5.41) is 10.1. The molecule has 1 saturated heterocycles. The lowest BCUT2D eigenvalue weighted by atomic mass is 9.52. The van der Waals surface area contributed by atoms with E-state index in [1.807, 2.05) is 6.07 Å². The van der Waals surface area contributed by atoms with Crippen molar-refractivity contribution in [2.45, 2.75) is 56.4 Å². The molecule has 1 heterocycles. The second-order valence-corrected chi connectivity index (χ2v) is 8.64. The van der Waals surface area contributed by atoms with Crippen molar-refractivity contribution in [2.24, 2.45) is 5.92 Å². The Morgan fingerprint density at radius 1 is 1.04 bits per heavy atom. The Morgan fingerprint density at radius 2 is 1.89 bits per heavy atom. The third kappa shape index (κ3) is 3.23. The summed E-state index contributed by atoms with van der Waals surface area (Å²) in [7, 11) is 0. The second kappa shape index (κ2) is 7.60. The van der Waals surface area contributed by atoms with Crippen LogP contribution in [0.3, 0.4) is 0 Å². The highest BCUT2D eigenvalue weighted by Gasteiger charge is 2.53. The molecule has 0 aromatic heterocycles. The minimum atomic E-state index is 0. The van der Waals surface area contributed by atoms with Crippen LogP contribution in [-0.2, 0) is 18.3 Å². The van der Waals surface area contributed by atoms with E-state index >= 15 is 0 Å². The number of piperidine rings is 1. The summed E-state index contributed by atoms with van der Waals surface area (Å²) < 4.78 is 0. The summed E-state index contributed by atoms with van der Waals surface area (Å²) in [6.07, 6.45) is 8.99. The second-order valence-electron chi connectivity index (χ2n) is 8.64. The van der Waals surface area contributed by atoms with Crippen LogP contribution in [0.1, 0.15) is 48.8 Å². The number of rotatable bonds is 3. The first-order valence-electron chi connectivity index (χ1n) is 10.4. The molecule has 2 aromatic carbocycles. The van der Waals surface area contributed by atoms with Gasteiger partial charge in [0.15, 0.2) is 0 Å². The number of aromatic hydroxyl groups is 1. The monoisotopic (exact) mass is 427 g/mol. The third-order valence-corrected chi connectivity index (χ3v) is 7.47. The fraction of sp³-hybridized carbons (Fsp3) is 0.500. The normalized spacial score (nSPS) is 29.3. The smallest absolute Gasteiger partial charge is 0.115 e. The van der Waals surface area contributed by atoms with Gasteiger partial charge in [-0.1, -0.05) is 49.2 Å². The standard InChI is InChI=1S/C24H29NO.BrH/c26-20-10-9-19-16-23-21-8-4-5-12-24(21,22(19)17-20)13-15-25(23)14-11-18-6-2-1-3-7-18;/h1-3,6-7,9-10,17,21,23,26H,4-5,8,11-16H2;1H/t21-,23-,24+;/m1./s1. The lowest BCUT2D eigenvalue weighted by Crippen LogP contribution is -2.61. The van der Waals surface area contributed by atoms with E-state index in [0.717, 1.165) is 18.8 Å². The maximum absolute atomic E-state index is 10.1. The van der Waals surface area contributed by atoms with Gasteiger partial charge in [0.25, 0.3) is 0 Å². The van der Waals surface area contributed by atoms with Crippen LogP contribution in [0, 0.1) is 5.92 Å². The molecule has 0 unspecified atom stereocenters. The van der Waals surface area contributed by atoms with E-state index in [0.29, 0.717) is 17.2 Å². The largest absolute Gasteiger partial charge is 0.508 e. The molecule has 5 rings (SSSR count). The van der Waals surface area contributed by atoms with Crippen LogP contribution in [-0.4, -0.2) is 29.1 Å². The molecular formula is C24H30BrNO. The summed E-state index contributed by atoms with van der Waals surface area (Å²) in [6, 6.07) is 17.8. The molecule has 0 radical (unpaired) electrons. The lowest BCUT2D eigenvalue weighted by Gasteiger charge is -2.59. The number of benzene rings is 2. The van der Waals surface area contributed by atoms with Crippen molar-refractivity contribution in [1.29, 1.82) is 0 Å². The summed E-state index contributed by atoms with van der Waals surface area (Å²) in [4.78, 5) is 2.79. The van der Waals surface area contributed by atoms with Crippen molar-refractivity contribution in [3.05, 3.63) is 65.2 Å². The first-order valence-corrected chi connectivity index (χ1v) is 10.4. The maximum Gasteiger partial charge on any atom is 0.115 e. The minimum absolute atomic E-state index is 0. The van der Waals surface area contributed by atoms with Gasteiger partial charge in [0.1, 0.15) is 5.75 Å². The van der Waals surface area contributed by atoms with Gasteiger partial charge in [-0.2, -0.15) is 0 Å². The predicted octanol–water partition coefficient (Wildman–Crippen LogP) is 5.27. The summed E-state index contributed by atoms with van der Waals surface area (Å²) in [5.41, 5.74) is 4.77. The maximum atomic E-state index is 10.1. The molecule has 2 aliphatic carbocycles. The first-order chi connectivity index (χ1) is 12.8. The van der Waals surface area contributed by atoms with Crippen molar-refractivity contribution in [1.82, 2.24) is 4.90 Å². The van der Waals surface area contributed by atoms with Crippen LogP contribution < -0.4 is 0 Å². The van der Waals surface area contributed by atoms with E-state index in [1.54, 1.807) is 0 Å². The average molecular weight is 428 g/mol. The van der Waals surface area contributed by atoms with E-state index in [2.05, 4.69) is 47.4 Å². The van der Waals surface area contributed by atoms with E-state index < -0.39 is 0 Å². The molecule has 27 heavy (non-hydrogen) atoms. The molecule has 0 spiro atoms.